The Morgan fingerprint density at radius 1 is 1.00 bits per heavy atom. The first-order valence-electron chi connectivity index (χ1n) is 11.2. The first kappa shape index (κ1) is 23.7. The molecule has 0 radical (unpaired) electrons. The van der Waals surface area contributed by atoms with Crippen LogP contribution in [-0.4, -0.2) is 62.3 Å². The van der Waals surface area contributed by atoms with Gasteiger partial charge in [-0.15, -0.1) is 0 Å². The lowest BCUT2D eigenvalue weighted by Crippen LogP contribution is -2.49. The summed E-state index contributed by atoms with van der Waals surface area (Å²) in [5.41, 5.74) is 2.52. The highest BCUT2D eigenvalue weighted by Gasteiger charge is 2.37. The molecule has 0 bridgehead atoms. The van der Waals surface area contributed by atoms with E-state index in [2.05, 4.69) is 0 Å². The second kappa shape index (κ2) is 9.69. The van der Waals surface area contributed by atoms with E-state index in [4.69, 9.17) is 4.74 Å². The smallest absolute Gasteiger partial charge is 0.309 e. The molecule has 0 aromatic heterocycles. The van der Waals surface area contributed by atoms with Gasteiger partial charge in [-0.05, 0) is 64.5 Å². The Hall–Kier alpha value is -1.93. The third-order valence-corrected chi connectivity index (χ3v) is 8.53. The Morgan fingerprint density at radius 3 is 2.19 bits per heavy atom. The van der Waals surface area contributed by atoms with Crippen LogP contribution in [0.15, 0.2) is 17.0 Å². The molecular weight excluding hydrogens is 416 g/mol. The molecule has 1 atom stereocenters. The summed E-state index contributed by atoms with van der Waals surface area (Å²) in [5, 5.41) is 0. The molecule has 0 saturated carbocycles. The van der Waals surface area contributed by atoms with Crippen LogP contribution in [0.25, 0.3) is 0 Å². The predicted octanol–water partition coefficient (Wildman–Crippen LogP) is 2.81. The van der Waals surface area contributed by atoms with Crippen LogP contribution in [-0.2, 0) is 24.3 Å². The van der Waals surface area contributed by atoms with Gasteiger partial charge in [0.25, 0.3) is 0 Å². The minimum atomic E-state index is -3.66. The molecular formula is C23H34N2O5S. The number of benzene rings is 1. The number of carbonyl (C=O) groups is 2. The molecule has 0 N–H and O–H groups in total. The summed E-state index contributed by atoms with van der Waals surface area (Å²) in [4.78, 5) is 27.2. The molecule has 2 saturated heterocycles. The summed E-state index contributed by atoms with van der Waals surface area (Å²) in [6, 6.07) is 3.78. The van der Waals surface area contributed by atoms with E-state index in [1.165, 1.54) is 4.31 Å². The van der Waals surface area contributed by atoms with E-state index in [9.17, 15) is 18.0 Å². The normalized spacial score (nSPS) is 21.2. The fraction of sp³-hybridized carbons (Fsp3) is 0.652. The number of hydrogen-bond acceptors (Lipinski definition) is 5. The third kappa shape index (κ3) is 5.12. The van der Waals surface area contributed by atoms with Crippen LogP contribution in [0.2, 0.25) is 0 Å². The summed E-state index contributed by atoms with van der Waals surface area (Å²) in [6.07, 6.45) is 2.55. The molecule has 2 heterocycles. The molecule has 0 unspecified atom stereocenters. The van der Waals surface area contributed by atoms with Crippen molar-refractivity contribution in [2.24, 2.45) is 11.8 Å². The van der Waals surface area contributed by atoms with Crippen LogP contribution in [0, 0.1) is 32.6 Å². The van der Waals surface area contributed by atoms with Crippen molar-refractivity contribution in [3.05, 3.63) is 28.8 Å². The number of rotatable bonds is 5. The maximum absolute atomic E-state index is 13.4. The molecule has 2 fully saturated rings. The number of ether oxygens (including phenoxy) is 1. The van der Waals surface area contributed by atoms with E-state index >= 15 is 0 Å². The number of sulfonamides is 1. The molecule has 1 amide bonds. The van der Waals surface area contributed by atoms with Crippen molar-refractivity contribution in [2.45, 2.75) is 58.3 Å². The highest BCUT2D eigenvalue weighted by Crippen LogP contribution is 2.30. The monoisotopic (exact) mass is 450 g/mol. The molecule has 31 heavy (non-hydrogen) atoms. The summed E-state index contributed by atoms with van der Waals surface area (Å²) in [6.45, 7) is 9.44. The molecule has 0 spiro atoms. The Morgan fingerprint density at radius 2 is 1.61 bits per heavy atom. The minimum Gasteiger partial charge on any atom is -0.466 e. The van der Waals surface area contributed by atoms with E-state index in [1.807, 2.05) is 32.9 Å². The average molecular weight is 451 g/mol. The van der Waals surface area contributed by atoms with Crippen LogP contribution in [0.4, 0.5) is 0 Å². The van der Waals surface area contributed by atoms with Gasteiger partial charge in [-0.25, -0.2) is 8.42 Å². The van der Waals surface area contributed by atoms with E-state index < -0.39 is 10.0 Å². The summed E-state index contributed by atoms with van der Waals surface area (Å²) < 4.78 is 33.4. The molecule has 1 aromatic carbocycles. The van der Waals surface area contributed by atoms with Gasteiger partial charge in [-0.1, -0.05) is 17.7 Å². The van der Waals surface area contributed by atoms with Gasteiger partial charge in [0.1, 0.15) is 0 Å². The van der Waals surface area contributed by atoms with Gasteiger partial charge >= 0.3 is 5.97 Å². The van der Waals surface area contributed by atoms with Gasteiger partial charge in [0.2, 0.25) is 15.9 Å². The Labute approximate surface area is 185 Å². The number of amides is 1. The van der Waals surface area contributed by atoms with Crippen LogP contribution < -0.4 is 0 Å². The van der Waals surface area contributed by atoms with Gasteiger partial charge in [0.05, 0.1) is 23.3 Å². The van der Waals surface area contributed by atoms with Gasteiger partial charge in [-0.2, -0.15) is 4.31 Å². The molecule has 7 nitrogen and oxygen atoms in total. The number of piperidine rings is 2. The Kier molecular flexibility index (Phi) is 7.42. The molecule has 172 valence electrons. The van der Waals surface area contributed by atoms with E-state index in [0.29, 0.717) is 56.8 Å². The standard InChI is InChI=1S/C23H34N2O5S/c1-5-30-23(27)19-8-11-24(12-9-19)22(26)20-7-6-10-25(15-20)31(28,29)21-17(3)13-16(2)14-18(21)4/h13-14,19-20H,5-12,15H2,1-4H3/t20-/m0/s1. The fourth-order valence-corrected chi connectivity index (χ4v) is 6.85. The Balaban J connectivity index is 1.68. The van der Waals surface area contributed by atoms with Crippen molar-refractivity contribution < 1.29 is 22.7 Å². The number of aryl methyl sites for hydroxylation is 3. The predicted molar refractivity (Wildman–Crippen MR) is 118 cm³/mol. The number of nitrogens with zero attached hydrogens (tertiary/aromatic N) is 2. The first-order chi connectivity index (χ1) is 14.6. The van der Waals surface area contributed by atoms with Crippen molar-refractivity contribution in [1.29, 1.82) is 0 Å². The van der Waals surface area contributed by atoms with Crippen LogP contribution in [0.5, 0.6) is 0 Å². The molecule has 2 aliphatic heterocycles. The molecule has 3 rings (SSSR count). The topological polar surface area (TPSA) is 84.0 Å². The number of hydrogen-bond donors (Lipinski definition) is 0. The first-order valence-corrected chi connectivity index (χ1v) is 12.6. The van der Waals surface area contributed by atoms with Crippen molar-refractivity contribution in [2.75, 3.05) is 32.8 Å². The van der Waals surface area contributed by atoms with E-state index in [0.717, 1.165) is 16.7 Å². The van der Waals surface area contributed by atoms with E-state index in [1.54, 1.807) is 11.8 Å². The highest BCUT2D eigenvalue weighted by atomic mass is 32.2. The van der Waals surface area contributed by atoms with Crippen LogP contribution in [0.1, 0.15) is 49.3 Å². The van der Waals surface area contributed by atoms with Crippen LogP contribution >= 0.6 is 0 Å². The van der Waals surface area contributed by atoms with Crippen molar-refractivity contribution in [3.8, 4) is 0 Å². The zero-order valence-corrected chi connectivity index (χ0v) is 19.8. The van der Waals surface area contributed by atoms with Crippen molar-refractivity contribution in [1.82, 2.24) is 9.21 Å². The quantitative estimate of drug-likeness (QED) is 0.644. The largest absolute Gasteiger partial charge is 0.466 e. The van der Waals surface area contributed by atoms with Gasteiger partial charge in [0.15, 0.2) is 0 Å². The average Bonchev–Trinajstić information content (AvgIpc) is 2.72. The maximum Gasteiger partial charge on any atom is 0.309 e. The molecule has 8 heteroatoms. The number of likely N-dealkylation sites (tertiary alicyclic amines) is 1. The molecule has 2 aliphatic rings. The molecule has 0 aliphatic carbocycles. The minimum absolute atomic E-state index is 0.000408. The highest BCUT2D eigenvalue weighted by molar-refractivity contribution is 7.89. The Bertz CT molecular complexity index is 912. The zero-order valence-electron chi connectivity index (χ0n) is 19.0. The van der Waals surface area contributed by atoms with Gasteiger partial charge < -0.3 is 9.64 Å². The van der Waals surface area contributed by atoms with Gasteiger partial charge in [-0.3, -0.25) is 9.59 Å². The lowest BCUT2D eigenvalue weighted by molar-refractivity contribution is -0.152. The lowest BCUT2D eigenvalue weighted by Gasteiger charge is -2.37. The van der Waals surface area contributed by atoms with E-state index in [-0.39, 0.29) is 30.3 Å². The summed E-state index contributed by atoms with van der Waals surface area (Å²) in [7, 11) is -3.66. The van der Waals surface area contributed by atoms with Crippen molar-refractivity contribution >= 4 is 21.9 Å². The maximum atomic E-state index is 13.4. The third-order valence-electron chi connectivity index (χ3n) is 6.36. The summed E-state index contributed by atoms with van der Waals surface area (Å²) >= 11 is 0. The fourth-order valence-electron chi connectivity index (χ4n) is 4.92. The summed E-state index contributed by atoms with van der Waals surface area (Å²) in [5.74, 6) is -0.679. The molecule has 1 aromatic rings. The van der Waals surface area contributed by atoms with Gasteiger partial charge in [0, 0.05) is 26.2 Å². The van der Waals surface area contributed by atoms with Crippen LogP contribution in [0.3, 0.4) is 0 Å². The second-order valence-corrected chi connectivity index (χ2v) is 10.7. The SMILES string of the molecule is CCOC(=O)C1CCN(C(=O)[C@H]2CCCN(S(=O)(=O)c3c(C)cc(C)cc3C)C2)CC1. The number of carbonyl (C=O) groups excluding carboxylic acids is 2. The number of esters is 1. The second-order valence-electron chi connectivity index (χ2n) is 8.78. The zero-order chi connectivity index (χ0) is 22.8. The lowest BCUT2D eigenvalue weighted by atomic mass is 9.93. The van der Waals surface area contributed by atoms with Crippen molar-refractivity contribution in [3.63, 3.8) is 0 Å².